The molecule has 5 heteroatoms. The summed E-state index contributed by atoms with van der Waals surface area (Å²) in [5, 5.41) is 0. The highest BCUT2D eigenvalue weighted by atomic mass is 16.6. The van der Waals surface area contributed by atoms with Gasteiger partial charge in [0.1, 0.15) is 17.6 Å². The Balaban J connectivity index is 1.96. The van der Waals surface area contributed by atoms with Gasteiger partial charge in [-0.25, -0.2) is 4.79 Å². The van der Waals surface area contributed by atoms with Gasteiger partial charge in [0.15, 0.2) is 0 Å². The van der Waals surface area contributed by atoms with Crippen molar-refractivity contribution in [3.05, 3.63) is 29.8 Å². The number of carbonyl (C=O) groups is 2. The Morgan fingerprint density at radius 1 is 1.21 bits per heavy atom. The van der Waals surface area contributed by atoms with Crippen molar-refractivity contribution in [3.8, 4) is 5.75 Å². The van der Waals surface area contributed by atoms with Crippen LogP contribution in [0.3, 0.4) is 0 Å². The summed E-state index contributed by atoms with van der Waals surface area (Å²) in [6.45, 7) is 6.84. The van der Waals surface area contributed by atoms with Gasteiger partial charge >= 0.3 is 6.09 Å². The Bertz CT molecular complexity index is 554. The van der Waals surface area contributed by atoms with Gasteiger partial charge in [0.2, 0.25) is 0 Å². The molecule has 1 aliphatic heterocycles. The molecule has 1 unspecified atom stereocenters. The van der Waals surface area contributed by atoms with E-state index in [4.69, 9.17) is 9.47 Å². The molecule has 1 aromatic rings. The normalized spacial score (nSPS) is 17.2. The maximum atomic E-state index is 12.1. The van der Waals surface area contributed by atoms with E-state index >= 15 is 0 Å². The molecular formula is C19H27NO4. The molecule has 1 saturated heterocycles. The molecule has 24 heavy (non-hydrogen) atoms. The number of aldehydes is 1. The van der Waals surface area contributed by atoms with Gasteiger partial charge in [0.05, 0.1) is 7.11 Å². The van der Waals surface area contributed by atoms with E-state index in [1.807, 2.05) is 45.0 Å². The number of ether oxygens (including phenoxy) is 2. The van der Waals surface area contributed by atoms with Gasteiger partial charge in [-0.1, -0.05) is 12.1 Å². The zero-order valence-corrected chi connectivity index (χ0v) is 15.0. The predicted octanol–water partition coefficient (Wildman–Crippen LogP) is 3.62. The average Bonchev–Trinajstić information content (AvgIpc) is 2.55. The fourth-order valence-electron chi connectivity index (χ4n) is 3.06. The maximum absolute atomic E-state index is 12.1. The van der Waals surface area contributed by atoms with Crippen molar-refractivity contribution in [1.82, 2.24) is 4.90 Å². The second kappa shape index (κ2) is 7.69. The number of hydrogen-bond acceptors (Lipinski definition) is 4. The first kappa shape index (κ1) is 18.3. The molecule has 1 aromatic carbocycles. The standard InChI is InChI=1S/C19H27NO4/c1-19(2,3)24-18(22)20-11-9-15(10-12-20)17(13-21)14-5-7-16(23-4)8-6-14/h5-8,13,15,17H,9-12H2,1-4H3. The van der Waals surface area contributed by atoms with Crippen LogP contribution in [0.4, 0.5) is 4.79 Å². The lowest BCUT2D eigenvalue weighted by Gasteiger charge is -2.35. The number of nitrogens with zero attached hydrogens (tertiary/aromatic N) is 1. The van der Waals surface area contributed by atoms with Crippen molar-refractivity contribution in [2.24, 2.45) is 5.92 Å². The van der Waals surface area contributed by atoms with Crippen molar-refractivity contribution in [3.63, 3.8) is 0 Å². The monoisotopic (exact) mass is 333 g/mol. The summed E-state index contributed by atoms with van der Waals surface area (Å²) in [6.07, 6.45) is 2.35. The first-order chi connectivity index (χ1) is 11.3. The molecule has 0 radical (unpaired) electrons. The number of carbonyl (C=O) groups excluding carboxylic acids is 2. The van der Waals surface area contributed by atoms with Crippen molar-refractivity contribution < 1.29 is 19.1 Å². The van der Waals surface area contributed by atoms with Crippen LogP contribution < -0.4 is 4.74 Å². The SMILES string of the molecule is COc1ccc(C(C=O)C2CCN(C(=O)OC(C)(C)C)CC2)cc1. The lowest BCUT2D eigenvalue weighted by Crippen LogP contribution is -2.42. The number of methoxy groups -OCH3 is 1. The molecule has 1 fully saturated rings. The fraction of sp³-hybridized carbons (Fsp3) is 0.579. The lowest BCUT2D eigenvalue weighted by atomic mass is 9.81. The van der Waals surface area contributed by atoms with E-state index in [1.165, 1.54) is 0 Å². The minimum atomic E-state index is -0.484. The van der Waals surface area contributed by atoms with Crippen LogP contribution in [-0.2, 0) is 9.53 Å². The number of likely N-dealkylation sites (tertiary alicyclic amines) is 1. The molecule has 1 heterocycles. The maximum Gasteiger partial charge on any atom is 0.410 e. The third kappa shape index (κ3) is 4.73. The van der Waals surface area contributed by atoms with E-state index in [-0.39, 0.29) is 17.9 Å². The third-order valence-electron chi connectivity index (χ3n) is 4.35. The van der Waals surface area contributed by atoms with Gasteiger partial charge in [-0.2, -0.15) is 0 Å². The highest BCUT2D eigenvalue weighted by molar-refractivity contribution is 5.68. The molecule has 0 bridgehead atoms. The molecule has 1 aliphatic rings. The first-order valence-electron chi connectivity index (χ1n) is 8.41. The molecule has 0 aliphatic carbocycles. The van der Waals surface area contributed by atoms with E-state index in [0.29, 0.717) is 13.1 Å². The highest BCUT2D eigenvalue weighted by Crippen LogP contribution is 2.32. The first-order valence-corrected chi connectivity index (χ1v) is 8.41. The van der Waals surface area contributed by atoms with Crippen molar-refractivity contribution in [2.45, 2.75) is 45.1 Å². The van der Waals surface area contributed by atoms with E-state index in [9.17, 15) is 9.59 Å². The van der Waals surface area contributed by atoms with Crippen molar-refractivity contribution in [2.75, 3.05) is 20.2 Å². The summed E-state index contributed by atoms with van der Waals surface area (Å²) in [4.78, 5) is 25.5. The van der Waals surface area contributed by atoms with Gasteiger partial charge in [0.25, 0.3) is 0 Å². The quantitative estimate of drug-likeness (QED) is 0.790. The third-order valence-corrected chi connectivity index (χ3v) is 4.35. The van der Waals surface area contributed by atoms with Crippen LogP contribution in [0.15, 0.2) is 24.3 Å². The summed E-state index contributed by atoms with van der Waals surface area (Å²) in [6, 6.07) is 7.64. The van der Waals surface area contributed by atoms with E-state index in [0.717, 1.165) is 30.4 Å². The molecule has 2 rings (SSSR count). The Kier molecular flexibility index (Phi) is 5.86. The Hall–Kier alpha value is -2.04. The smallest absolute Gasteiger partial charge is 0.410 e. The summed E-state index contributed by atoms with van der Waals surface area (Å²) in [5.41, 5.74) is 0.518. The minimum Gasteiger partial charge on any atom is -0.497 e. The highest BCUT2D eigenvalue weighted by Gasteiger charge is 2.31. The molecule has 0 aromatic heterocycles. The predicted molar refractivity (Wildman–Crippen MR) is 92.3 cm³/mol. The molecule has 5 nitrogen and oxygen atoms in total. The fourth-order valence-corrected chi connectivity index (χ4v) is 3.06. The number of rotatable bonds is 4. The van der Waals surface area contributed by atoms with Crippen LogP contribution in [-0.4, -0.2) is 43.1 Å². The zero-order valence-electron chi connectivity index (χ0n) is 15.0. The zero-order chi connectivity index (χ0) is 17.7. The Labute approximate surface area is 143 Å². The van der Waals surface area contributed by atoms with Crippen LogP contribution in [0.5, 0.6) is 5.75 Å². The van der Waals surface area contributed by atoms with Crippen LogP contribution >= 0.6 is 0 Å². The number of hydrogen-bond donors (Lipinski definition) is 0. The second-order valence-corrected chi connectivity index (χ2v) is 7.24. The van der Waals surface area contributed by atoms with Crippen molar-refractivity contribution in [1.29, 1.82) is 0 Å². The second-order valence-electron chi connectivity index (χ2n) is 7.24. The average molecular weight is 333 g/mol. The van der Waals surface area contributed by atoms with Crippen LogP contribution in [0.1, 0.15) is 45.1 Å². The van der Waals surface area contributed by atoms with E-state index in [2.05, 4.69) is 0 Å². The van der Waals surface area contributed by atoms with Gasteiger partial charge in [-0.3, -0.25) is 0 Å². The van der Waals surface area contributed by atoms with Gasteiger partial charge in [-0.15, -0.1) is 0 Å². The largest absolute Gasteiger partial charge is 0.497 e. The number of amides is 1. The molecule has 1 atom stereocenters. The van der Waals surface area contributed by atoms with E-state index in [1.54, 1.807) is 12.0 Å². The van der Waals surface area contributed by atoms with Gasteiger partial charge < -0.3 is 19.2 Å². The lowest BCUT2D eigenvalue weighted by molar-refractivity contribution is -0.110. The molecule has 1 amide bonds. The van der Waals surface area contributed by atoms with Crippen LogP contribution in [0.2, 0.25) is 0 Å². The summed E-state index contributed by atoms with van der Waals surface area (Å²) >= 11 is 0. The minimum absolute atomic E-state index is 0.142. The van der Waals surface area contributed by atoms with Crippen molar-refractivity contribution >= 4 is 12.4 Å². The number of benzene rings is 1. The summed E-state index contributed by atoms with van der Waals surface area (Å²) in [7, 11) is 1.62. The van der Waals surface area contributed by atoms with Crippen LogP contribution in [0, 0.1) is 5.92 Å². The topological polar surface area (TPSA) is 55.8 Å². The Morgan fingerprint density at radius 3 is 2.25 bits per heavy atom. The number of piperidine rings is 1. The summed E-state index contributed by atoms with van der Waals surface area (Å²) < 4.78 is 10.6. The molecule has 0 saturated carbocycles. The Morgan fingerprint density at radius 2 is 1.79 bits per heavy atom. The molecular weight excluding hydrogens is 306 g/mol. The van der Waals surface area contributed by atoms with E-state index < -0.39 is 5.60 Å². The molecule has 132 valence electrons. The van der Waals surface area contributed by atoms with Crippen LogP contribution in [0.25, 0.3) is 0 Å². The molecule has 0 spiro atoms. The van der Waals surface area contributed by atoms with Gasteiger partial charge in [0, 0.05) is 19.0 Å². The summed E-state index contributed by atoms with van der Waals surface area (Å²) in [5.74, 6) is 0.884. The van der Waals surface area contributed by atoms with Gasteiger partial charge in [-0.05, 0) is 57.2 Å². The molecule has 0 N–H and O–H groups in total.